The van der Waals surface area contributed by atoms with E-state index in [1.807, 2.05) is 45.0 Å². The van der Waals surface area contributed by atoms with Gasteiger partial charge >= 0.3 is 0 Å². The van der Waals surface area contributed by atoms with Crippen LogP contribution in [0.5, 0.6) is 11.5 Å². The quantitative estimate of drug-likeness (QED) is 0.626. The van der Waals surface area contributed by atoms with Crippen LogP contribution < -0.4 is 14.8 Å². The van der Waals surface area contributed by atoms with Crippen LogP contribution >= 0.6 is 8.03 Å². The summed E-state index contributed by atoms with van der Waals surface area (Å²) in [6, 6.07) is 11.3. The number of hydrogen-bond acceptors (Lipinski definition) is 4. The predicted molar refractivity (Wildman–Crippen MR) is 105 cm³/mol. The van der Waals surface area contributed by atoms with Crippen molar-refractivity contribution in [2.75, 3.05) is 13.7 Å². The Morgan fingerprint density at radius 2 is 1.96 bits per heavy atom. The van der Waals surface area contributed by atoms with Gasteiger partial charge in [-0.3, -0.25) is 4.57 Å². The molecule has 1 unspecified atom stereocenters. The van der Waals surface area contributed by atoms with E-state index < -0.39 is 8.03 Å². The van der Waals surface area contributed by atoms with Crippen LogP contribution in [0.3, 0.4) is 0 Å². The number of hydrogen-bond donors (Lipinski definition) is 0. The molecule has 2 aromatic rings. The van der Waals surface area contributed by atoms with Crippen LogP contribution in [-0.2, 0) is 9.09 Å². The summed E-state index contributed by atoms with van der Waals surface area (Å²) in [6.07, 6.45) is 1.83. The zero-order valence-electron chi connectivity index (χ0n) is 15.2. The minimum Gasteiger partial charge on any atom is -0.497 e. The predicted octanol–water partition coefficient (Wildman–Crippen LogP) is 4.93. The van der Waals surface area contributed by atoms with Crippen LogP contribution in [0.15, 0.2) is 43.0 Å². The summed E-state index contributed by atoms with van der Waals surface area (Å²) in [7, 11) is -0.720. The highest BCUT2D eigenvalue weighted by molar-refractivity contribution is 7.48. The van der Waals surface area contributed by atoms with Crippen LogP contribution in [0.25, 0.3) is 17.2 Å². The second kappa shape index (κ2) is 8.89. The first kappa shape index (κ1) is 19.3. The first-order valence-corrected chi connectivity index (χ1v) is 9.60. The fraction of sp³-hybridized carbons (Fsp3) is 0.300. The summed E-state index contributed by atoms with van der Waals surface area (Å²) < 4.78 is 29.0. The Hall–Kier alpha value is -2.03. The average molecular weight is 360 g/mol. The summed E-state index contributed by atoms with van der Waals surface area (Å²) >= 11 is 0. The number of methoxy groups -OCH3 is 1. The van der Waals surface area contributed by atoms with E-state index >= 15 is 0 Å². The Kier molecular flexibility index (Phi) is 6.86. The van der Waals surface area contributed by atoms with Gasteiger partial charge in [0, 0.05) is 10.9 Å². The third-order valence-electron chi connectivity index (χ3n) is 3.63. The van der Waals surface area contributed by atoms with Gasteiger partial charge in [0.05, 0.1) is 19.8 Å². The SMILES string of the molecule is C=Cc1cc(-c2cc(OC)ccc2[PH](=O)OCC)ccc1OC(C)C. The monoisotopic (exact) mass is 360 g/mol. The second-order valence-corrected chi connectivity index (χ2v) is 7.16. The van der Waals surface area contributed by atoms with E-state index in [1.54, 1.807) is 25.3 Å². The molecule has 2 aromatic carbocycles. The molecule has 0 saturated carbocycles. The Bertz CT molecular complexity index is 768. The Balaban J connectivity index is 2.55. The molecule has 0 spiro atoms. The van der Waals surface area contributed by atoms with Crippen molar-refractivity contribution >= 4 is 19.4 Å². The molecule has 1 atom stereocenters. The van der Waals surface area contributed by atoms with Gasteiger partial charge in [-0.2, -0.15) is 0 Å². The van der Waals surface area contributed by atoms with Crippen LogP contribution in [0.1, 0.15) is 26.3 Å². The molecule has 0 aliphatic heterocycles. The number of rotatable bonds is 8. The zero-order chi connectivity index (χ0) is 18.4. The molecule has 25 heavy (non-hydrogen) atoms. The summed E-state index contributed by atoms with van der Waals surface area (Å²) in [5.41, 5.74) is 2.63. The van der Waals surface area contributed by atoms with E-state index in [4.69, 9.17) is 14.0 Å². The summed E-state index contributed by atoms with van der Waals surface area (Å²) in [5, 5.41) is 0.681. The van der Waals surface area contributed by atoms with Crippen molar-refractivity contribution < 1.29 is 18.6 Å². The molecular formula is C20H25O4P. The summed E-state index contributed by atoms with van der Waals surface area (Å²) in [4.78, 5) is 0. The molecule has 4 nitrogen and oxygen atoms in total. The fourth-order valence-corrected chi connectivity index (χ4v) is 3.59. The standard InChI is InChI=1S/C20H25O4P/c1-6-15-12-16(8-10-19(15)24-14(3)4)18-13-17(22-5)9-11-20(18)25(21)23-7-2/h6,8-14,25H,1,7H2,2-5H3. The maximum atomic E-state index is 12.5. The molecule has 0 heterocycles. The van der Waals surface area contributed by atoms with Crippen LogP contribution in [-0.4, -0.2) is 19.8 Å². The highest BCUT2D eigenvalue weighted by Gasteiger charge is 2.14. The molecule has 0 aromatic heterocycles. The molecule has 0 N–H and O–H groups in total. The van der Waals surface area contributed by atoms with Gasteiger partial charge in [0.1, 0.15) is 11.5 Å². The third kappa shape index (κ3) is 4.75. The highest BCUT2D eigenvalue weighted by atomic mass is 31.1. The van der Waals surface area contributed by atoms with Gasteiger partial charge in [0.15, 0.2) is 0 Å². The fourth-order valence-electron chi connectivity index (χ4n) is 2.51. The van der Waals surface area contributed by atoms with Crippen LogP contribution in [0.4, 0.5) is 0 Å². The topological polar surface area (TPSA) is 44.8 Å². The third-order valence-corrected chi connectivity index (χ3v) is 5.05. The largest absolute Gasteiger partial charge is 0.497 e. The molecule has 0 radical (unpaired) electrons. The first-order chi connectivity index (χ1) is 12.0. The average Bonchev–Trinajstić information content (AvgIpc) is 2.61. The summed E-state index contributed by atoms with van der Waals surface area (Å²) in [6.45, 7) is 10.1. The Morgan fingerprint density at radius 3 is 2.56 bits per heavy atom. The molecule has 0 bridgehead atoms. The molecule has 2 rings (SSSR count). The van der Waals surface area contributed by atoms with Crippen molar-refractivity contribution in [2.24, 2.45) is 0 Å². The molecule has 0 fully saturated rings. The first-order valence-electron chi connectivity index (χ1n) is 8.28. The van der Waals surface area contributed by atoms with E-state index in [2.05, 4.69) is 6.58 Å². The van der Waals surface area contributed by atoms with E-state index in [1.165, 1.54) is 0 Å². The lowest BCUT2D eigenvalue weighted by atomic mass is 10.0. The molecule has 0 aliphatic carbocycles. The van der Waals surface area contributed by atoms with Gasteiger partial charge in [-0.15, -0.1) is 0 Å². The maximum Gasteiger partial charge on any atom is 0.221 e. The lowest BCUT2D eigenvalue weighted by Crippen LogP contribution is -2.07. The smallest absolute Gasteiger partial charge is 0.221 e. The number of benzene rings is 2. The van der Waals surface area contributed by atoms with E-state index in [0.29, 0.717) is 17.7 Å². The minimum atomic E-state index is -2.33. The van der Waals surface area contributed by atoms with Gasteiger partial charge in [0.2, 0.25) is 8.03 Å². The minimum absolute atomic E-state index is 0.0753. The van der Waals surface area contributed by atoms with Crippen molar-refractivity contribution in [3.05, 3.63) is 48.5 Å². The van der Waals surface area contributed by atoms with Gasteiger partial charge < -0.3 is 14.0 Å². The lowest BCUT2D eigenvalue weighted by molar-refractivity contribution is 0.242. The second-order valence-electron chi connectivity index (χ2n) is 5.76. The highest BCUT2D eigenvalue weighted by Crippen LogP contribution is 2.34. The molecule has 0 saturated heterocycles. The van der Waals surface area contributed by atoms with E-state index in [-0.39, 0.29) is 6.10 Å². The van der Waals surface area contributed by atoms with Crippen LogP contribution in [0.2, 0.25) is 0 Å². The Labute approximate surface area is 150 Å². The van der Waals surface area contributed by atoms with Gasteiger partial charge in [-0.1, -0.05) is 18.7 Å². The molecular weight excluding hydrogens is 335 g/mol. The van der Waals surface area contributed by atoms with Crippen molar-refractivity contribution in [3.8, 4) is 22.6 Å². The van der Waals surface area contributed by atoms with Crippen molar-refractivity contribution in [1.82, 2.24) is 0 Å². The Morgan fingerprint density at radius 1 is 1.20 bits per heavy atom. The molecule has 0 aliphatic rings. The van der Waals surface area contributed by atoms with Gasteiger partial charge in [-0.25, -0.2) is 0 Å². The molecule has 134 valence electrons. The van der Waals surface area contributed by atoms with E-state index in [0.717, 1.165) is 22.4 Å². The molecule has 0 amide bonds. The zero-order valence-corrected chi connectivity index (χ0v) is 16.2. The van der Waals surface area contributed by atoms with Gasteiger partial charge in [0.25, 0.3) is 0 Å². The molecule has 5 heteroatoms. The van der Waals surface area contributed by atoms with Crippen molar-refractivity contribution in [2.45, 2.75) is 26.9 Å². The maximum absolute atomic E-state index is 12.5. The normalized spacial score (nSPS) is 12.0. The van der Waals surface area contributed by atoms with Crippen molar-refractivity contribution in [1.29, 1.82) is 0 Å². The summed E-state index contributed by atoms with van der Waals surface area (Å²) in [5.74, 6) is 1.48. The van der Waals surface area contributed by atoms with E-state index in [9.17, 15) is 4.57 Å². The lowest BCUT2D eigenvalue weighted by Gasteiger charge is -2.16. The van der Waals surface area contributed by atoms with Crippen molar-refractivity contribution in [3.63, 3.8) is 0 Å². The van der Waals surface area contributed by atoms with Crippen LogP contribution in [0, 0.1) is 0 Å². The van der Waals surface area contributed by atoms with Gasteiger partial charge in [-0.05, 0) is 62.2 Å². The number of ether oxygens (including phenoxy) is 2.